The molecule has 28 heavy (non-hydrogen) atoms. The third kappa shape index (κ3) is 2.89. The molecule has 0 aromatic rings. The Morgan fingerprint density at radius 2 is 1.61 bits per heavy atom. The average Bonchev–Trinajstić information content (AvgIpc) is 2.65. The van der Waals surface area contributed by atoms with Crippen LogP contribution in [0.1, 0.15) is 39.0 Å². The molecule has 4 bridgehead atoms. The first-order chi connectivity index (χ1) is 13.1. The molecule has 0 aromatic heterocycles. The summed E-state index contributed by atoms with van der Waals surface area (Å²) in [4.78, 5) is 24.2. The summed E-state index contributed by atoms with van der Waals surface area (Å²) in [5, 5.41) is 19.1. The molecule has 1 spiro atoms. The van der Waals surface area contributed by atoms with Crippen LogP contribution in [0.2, 0.25) is 0 Å². The van der Waals surface area contributed by atoms with Crippen molar-refractivity contribution in [3.63, 3.8) is 0 Å². The van der Waals surface area contributed by atoms with Gasteiger partial charge >= 0.3 is 17.9 Å². The molecular weight excluding hydrogens is 378 g/mol. The van der Waals surface area contributed by atoms with E-state index in [9.17, 15) is 28.6 Å². The van der Waals surface area contributed by atoms with Crippen molar-refractivity contribution in [3.05, 3.63) is 0 Å². The zero-order chi connectivity index (χ0) is 20.4. The van der Waals surface area contributed by atoms with Crippen molar-refractivity contribution in [1.82, 2.24) is 0 Å². The van der Waals surface area contributed by atoms with Crippen LogP contribution in [0.5, 0.6) is 0 Å². The fourth-order valence-electron chi connectivity index (χ4n) is 5.78. The van der Waals surface area contributed by atoms with E-state index in [1.165, 1.54) is 0 Å². The molecule has 0 amide bonds. The molecule has 7 nitrogen and oxygen atoms in total. The first-order valence-electron chi connectivity index (χ1n) is 9.72. The van der Waals surface area contributed by atoms with Crippen molar-refractivity contribution >= 4 is 11.9 Å². The first-order valence-corrected chi connectivity index (χ1v) is 9.72. The number of rotatable bonds is 4. The van der Waals surface area contributed by atoms with Gasteiger partial charge < -0.3 is 24.4 Å². The van der Waals surface area contributed by atoms with E-state index in [1.54, 1.807) is 0 Å². The summed E-state index contributed by atoms with van der Waals surface area (Å²) in [7, 11) is 0. The summed E-state index contributed by atoms with van der Waals surface area (Å²) >= 11 is 0. The van der Waals surface area contributed by atoms with Crippen LogP contribution >= 0.6 is 0 Å². The Balaban J connectivity index is 1.53. The van der Waals surface area contributed by atoms with Gasteiger partial charge in [-0.25, -0.2) is 4.79 Å². The zero-order valence-corrected chi connectivity index (χ0v) is 15.8. The Kier molecular flexibility index (Phi) is 4.61. The molecule has 1 heterocycles. The standard InChI is InChI=1S/C19H26F2O7/c1-16(20,21)14(24)28-15(25)18-4-11-2-12(5-18)19(13(3-11)6-18)26-9-17(7-22,8-23)10-27-19/h11-13,22-23H,2-10H2,1H3. The minimum atomic E-state index is -3.72. The van der Waals surface area contributed by atoms with Gasteiger partial charge in [-0.2, -0.15) is 8.78 Å². The van der Waals surface area contributed by atoms with E-state index in [-0.39, 0.29) is 44.2 Å². The number of hydrogen-bond donors (Lipinski definition) is 2. The lowest BCUT2D eigenvalue weighted by atomic mass is 9.47. The second-order valence-electron chi connectivity index (χ2n) is 9.30. The number of hydrogen-bond acceptors (Lipinski definition) is 7. The lowest BCUT2D eigenvalue weighted by Crippen LogP contribution is -2.68. The number of carbonyl (C=O) groups is 2. The van der Waals surface area contributed by atoms with Crippen LogP contribution in [0.25, 0.3) is 0 Å². The molecule has 4 saturated carbocycles. The van der Waals surface area contributed by atoms with Gasteiger partial charge in [-0.3, -0.25) is 4.79 Å². The van der Waals surface area contributed by atoms with Crippen LogP contribution in [0.4, 0.5) is 8.78 Å². The Morgan fingerprint density at radius 3 is 2.07 bits per heavy atom. The maximum absolute atomic E-state index is 13.2. The lowest BCUT2D eigenvalue weighted by Gasteiger charge is -2.64. The highest BCUT2D eigenvalue weighted by atomic mass is 19.3. The molecule has 1 saturated heterocycles. The van der Waals surface area contributed by atoms with Crippen LogP contribution in [0.3, 0.4) is 0 Å². The number of aliphatic hydroxyl groups is 2. The number of esters is 2. The van der Waals surface area contributed by atoms with Gasteiger partial charge in [0.1, 0.15) is 0 Å². The average molecular weight is 404 g/mol. The highest BCUT2D eigenvalue weighted by molar-refractivity contribution is 5.92. The smallest absolute Gasteiger partial charge is 0.384 e. The molecule has 5 rings (SSSR count). The molecule has 0 radical (unpaired) electrons. The summed E-state index contributed by atoms with van der Waals surface area (Å²) in [5.41, 5.74) is -1.81. The normalized spacial score (nSPS) is 37.8. The molecule has 5 fully saturated rings. The number of aliphatic hydroxyl groups excluding tert-OH is 2. The fraction of sp³-hybridized carbons (Fsp3) is 0.895. The van der Waals surface area contributed by atoms with Crippen molar-refractivity contribution in [2.45, 2.75) is 50.7 Å². The van der Waals surface area contributed by atoms with Gasteiger partial charge in [-0.15, -0.1) is 0 Å². The number of carbonyl (C=O) groups excluding carboxylic acids is 2. The number of halogens is 2. The van der Waals surface area contributed by atoms with E-state index in [2.05, 4.69) is 4.74 Å². The quantitative estimate of drug-likeness (QED) is 0.537. The monoisotopic (exact) mass is 404 g/mol. The minimum Gasteiger partial charge on any atom is -0.396 e. The molecule has 2 N–H and O–H groups in total. The van der Waals surface area contributed by atoms with Crippen molar-refractivity contribution in [2.75, 3.05) is 26.4 Å². The fourth-order valence-corrected chi connectivity index (χ4v) is 5.78. The largest absolute Gasteiger partial charge is 0.396 e. The van der Waals surface area contributed by atoms with E-state index in [0.717, 1.165) is 12.8 Å². The maximum Gasteiger partial charge on any atom is 0.384 e. The van der Waals surface area contributed by atoms with E-state index in [0.29, 0.717) is 26.2 Å². The van der Waals surface area contributed by atoms with Crippen LogP contribution in [-0.4, -0.2) is 60.3 Å². The summed E-state index contributed by atoms with van der Waals surface area (Å²) < 4.78 is 43.1. The van der Waals surface area contributed by atoms with Gasteiger partial charge in [0.25, 0.3) is 0 Å². The van der Waals surface area contributed by atoms with E-state index in [4.69, 9.17) is 9.47 Å². The molecule has 9 heteroatoms. The summed E-state index contributed by atoms with van der Waals surface area (Å²) in [5.74, 6) is -7.33. The summed E-state index contributed by atoms with van der Waals surface area (Å²) in [6, 6.07) is 0. The maximum atomic E-state index is 13.2. The van der Waals surface area contributed by atoms with Crippen LogP contribution in [0.15, 0.2) is 0 Å². The zero-order valence-electron chi connectivity index (χ0n) is 15.8. The van der Waals surface area contributed by atoms with Gasteiger partial charge in [0.2, 0.25) is 0 Å². The Morgan fingerprint density at radius 1 is 1.07 bits per heavy atom. The van der Waals surface area contributed by atoms with Crippen molar-refractivity contribution in [1.29, 1.82) is 0 Å². The molecule has 0 aromatic carbocycles. The van der Waals surface area contributed by atoms with E-state index in [1.807, 2.05) is 0 Å². The topological polar surface area (TPSA) is 102 Å². The van der Waals surface area contributed by atoms with Crippen LogP contribution in [0, 0.1) is 28.6 Å². The third-order valence-electron chi connectivity index (χ3n) is 7.18. The van der Waals surface area contributed by atoms with Crippen LogP contribution in [-0.2, 0) is 23.8 Å². The Bertz CT molecular complexity index is 642. The van der Waals surface area contributed by atoms with E-state index < -0.39 is 34.5 Å². The van der Waals surface area contributed by atoms with Gasteiger partial charge in [0, 0.05) is 18.8 Å². The molecular formula is C19H26F2O7. The second kappa shape index (κ2) is 6.42. The van der Waals surface area contributed by atoms with E-state index >= 15 is 0 Å². The Hall–Kier alpha value is -1.16. The number of alkyl halides is 2. The molecule has 2 unspecified atom stereocenters. The highest BCUT2D eigenvalue weighted by Crippen LogP contribution is 2.66. The number of ether oxygens (including phenoxy) is 3. The van der Waals surface area contributed by atoms with Crippen molar-refractivity contribution < 1.29 is 42.8 Å². The lowest BCUT2D eigenvalue weighted by molar-refractivity contribution is -0.390. The molecule has 1 aliphatic heterocycles. The molecule has 4 aliphatic carbocycles. The summed E-state index contributed by atoms with van der Waals surface area (Å²) in [6.45, 7) is 0.184. The van der Waals surface area contributed by atoms with Gasteiger partial charge in [0.15, 0.2) is 5.79 Å². The molecule has 2 atom stereocenters. The second-order valence-corrected chi connectivity index (χ2v) is 9.30. The van der Waals surface area contributed by atoms with Crippen molar-refractivity contribution in [2.24, 2.45) is 28.6 Å². The third-order valence-corrected chi connectivity index (χ3v) is 7.18. The SMILES string of the molecule is CC(F)(F)C(=O)OC(=O)C12CC3CC(C1)C1(OCC(CO)(CO)CO1)C(C3)C2. The molecule has 5 aliphatic rings. The van der Waals surface area contributed by atoms with Crippen LogP contribution < -0.4 is 0 Å². The predicted octanol–water partition coefficient (Wildman–Crippen LogP) is 1.25. The first kappa shape index (κ1) is 20.1. The van der Waals surface area contributed by atoms with Gasteiger partial charge in [-0.1, -0.05) is 0 Å². The summed E-state index contributed by atoms with van der Waals surface area (Å²) in [6.07, 6.45) is 2.80. The predicted molar refractivity (Wildman–Crippen MR) is 88.9 cm³/mol. The molecule has 158 valence electrons. The van der Waals surface area contributed by atoms with Gasteiger partial charge in [0.05, 0.1) is 37.3 Å². The Labute approximate surface area is 161 Å². The minimum absolute atomic E-state index is 0.126. The van der Waals surface area contributed by atoms with Crippen molar-refractivity contribution in [3.8, 4) is 0 Å². The highest BCUT2D eigenvalue weighted by Gasteiger charge is 2.68. The van der Waals surface area contributed by atoms with Gasteiger partial charge in [-0.05, 0) is 38.0 Å².